The zero-order valence-electron chi connectivity index (χ0n) is 9.83. The lowest BCUT2D eigenvalue weighted by atomic mass is 9.79. The van der Waals surface area contributed by atoms with E-state index in [4.69, 9.17) is 5.73 Å². The summed E-state index contributed by atoms with van der Waals surface area (Å²) in [6, 6.07) is 0.435. The first-order chi connectivity index (χ1) is 6.59. The molecule has 1 aliphatic carbocycles. The Balaban J connectivity index is 2.25. The Morgan fingerprint density at radius 2 is 2.07 bits per heavy atom. The molecule has 0 aromatic heterocycles. The van der Waals surface area contributed by atoms with Crippen molar-refractivity contribution in [2.45, 2.75) is 57.7 Å². The molecule has 1 saturated carbocycles. The van der Waals surface area contributed by atoms with Gasteiger partial charge in [-0.2, -0.15) is 11.8 Å². The predicted molar refractivity (Wildman–Crippen MR) is 66.7 cm³/mol. The van der Waals surface area contributed by atoms with Gasteiger partial charge in [-0.3, -0.25) is 0 Å². The molecule has 0 aromatic rings. The van der Waals surface area contributed by atoms with Gasteiger partial charge < -0.3 is 5.73 Å². The fraction of sp³-hybridized carbons (Fsp3) is 1.00. The van der Waals surface area contributed by atoms with Crippen LogP contribution in [0.4, 0.5) is 0 Å². The molecule has 0 bridgehead atoms. The maximum Gasteiger partial charge on any atom is 0.0159 e. The molecule has 0 radical (unpaired) electrons. The molecule has 0 heterocycles. The third kappa shape index (κ3) is 4.22. The molecule has 84 valence electrons. The van der Waals surface area contributed by atoms with Gasteiger partial charge in [0.05, 0.1) is 0 Å². The quantitative estimate of drug-likeness (QED) is 0.779. The van der Waals surface area contributed by atoms with Crippen LogP contribution < -0.4 is 5.73 Å². The average molecular weight is 215 g/mol. The second-order valence-electron chi connectivity index (χ2n) is 5.08. The highest BCUT2D eigenvalue weighted by molar-refractivity contribution is 7.99. The first kappa shape index (κ1) is 12.4. The molecule has 0 amide bonds. The van der Waals surface area contributed by atoms with E-state index in [1.807, 2.05) is 11.8 Å². The van der Waals surface area contributed by atoms with Crippen molar-refractivity contribution < 1.29 is 0 Å². The van der Waals surface area contributed by atoms with Gasteiger partial charge in [-0.25, -0.2) is 0 Å². The van der Waals surface area contributed by atoms with Crippen LogP contribution in [0.25, 0.3) is 0 Å². The first-order valence-corrected chi connectivity index (χ1v) is 7.01. The van der Waals surface area contributed by atoms with E-state index >= 15 is 0 Å². The number of rotatable bonds is 4. The highest BCUT2D eigenvalue weighted by Gasteiger charge is 2.24. The number of hydrogen-bond donors (Lipinski definition) is 1. The van der Waals surface area contributed by atoms with E-state index in [2.05, 4.69) is 20.8 Å². The molecule has 1 rings (SSSR count). The third-order valence-corrected chi connectivity index (χ3v) is 4.45. The van der Waals surface area contributed by atoms with Crippen molar-refractivity contribution in [2.75, 3.05) is 5.75 Å². The lowest BCUT2D eigenvalue weighted by molar-refractivity contribution is 0.256. The van der Waals surface area contributed by atoms with Gasteiger partial charge in [0.25, 0.3) is 0 Å². The zero-order chi connectivity index (χ0) is 10.6. The third-order valence-electron chi connectivity index (χ3n) is 3.20. The number of hydrogen-bond acceptors (Lipinski definition) is 2. The SMILES string of the molecule is CC1CCCC(C(N)CSC(C)C)C1. The molecule has 2 N–H and O–H groups in total. The highest BCUT2D eigenvalue weighted by atomic mass is 32.2. The minimum atomic E-state index is 0.435. The normalized spacial score (nSPS) is 30.6. The first-order valence-electron chi connectivity index (χ1n) is 5.96. The summed E-state index contributed by atoms with van der Waals surface area (Å²) < 4.78 is 0. The molecule has 3 unspecified atom stereocenters. The van der Waals surface area contributed by atoms with Gasteiger partial charge in [-0.05, 0) is 29.9 Å². The summed E-state index contributed by atoms with van der Waals surface area (Å²) in [6.45, 7) is 6.87. The van der Waals surface area contributed by atoms with Gasteiger partial charge in [0.15, 0.2) is 0 Å². The van der Waals surface area contributed by atoms with E-state index in [0.717, 1.165) is 22.8 Å². The number of nitrogens with two attached hydrogens (primary N) is 1. The average Bonchev–Trinajstić information content (AvgIpc) is 2.14. The van der Waals surface area contributed by atoms with Crippen LogP contribution in [-0.4, -0.2) is 17.0 Å². The van der Waals surface area contributed by atoms with Crippen molar-refractivity contribution in [1.82, 2.24) is 0 Å². The Morgan fingerprint density at radius 3 is 2.64 bits per heavy atom. The minimum absolute atomic E-state index is 0.435. The molecule has 0 spiro atoms. The van der Waals surface area contributed by atoms with Crippen LogP contribution in [0, 0.1) is 11.8 Å². The Bertz CT molecular complexity index is 158. The van der Waals surface area contributed by atoms with Crippen LogP contribution in [0.5, 0.6) is 0 Å². The van der Waals surface area contributed by atoms with Gasteiger partial charge in [0.2, 0.25) is 0 Å². The molecule has 14 heavy (non-hydrogen) atoms. The van der Waals surface area contributed by atoms with Gasteiger partial charge >= 0.3 is 0 Å². The molecular formula is C12H25NS. The summed E-state index contributed by atoms with van der Waals surface area (Å²) in [5.41, 5.74) is 6.24. The molecule has 2 heteroatoms. The maximum absolute atomic E-state index is 6.24. The van der Waals surface area contributed by atoms with Gasteiger partial charge in [-0.1, -0.05) is 33.6 Å². The monoisotopic (exact) mass is 215 g/mol. The van der Waals surface area contributed by atoms with E-state index < -0.39 is 0 Å². The number of thioether (sulfide) groups is 1. The smallest absolute Gasteiger partial charge is 0.0159 e. The summed E-state index contributed by atoms with van der Waals surface area (Å²) in [5.74, 6) is 2.85. The van der Waals surface area contributed by atoms with E-state index in [1.54, 1.807) is 0 Å². The molecule has 3 atom stereocenters. The van der Waals surface area contributed by atoms with Crippen LogP contribution in [-0.2, 0) is 0 Å². The molecule has 0 aliphatic heterocycles. The standard InChI is InChI=1S/C12H25NS/c1-9(2)14-8-12(13)11-6-4-5-10(3)7-11/h9-12H,4-8,13H2,1-3H3. The van der Waals surface area contributed by atoms with Crippen LogP contribution in [0.1, 0.15) is 46.5 Å². The molecule has 1 aliphatic rings. The van der Waals surface area contributed by atoms with E-state index in [9.17, 15) is 0 Å². The summed E-state index contributed by atoms with van der Waals surface area (Å²) in [6.07, 6.45) is 5.54. The maximum atomic E-state index is 6.24. The predicted octanol–water partition coefficient (Wildman–Crippen LogP) is 3.28. The van der Waals surface area contributed by atoms with Crippen molar-refractivity contribution in [3.8, 4) is 0 Å². The fourth-order valence-corrected chi connectivity index (χ4v) is 3.19. The van der Waals surface area contributed by atoms with Crippen molar-refractivity contribution in [1.29, 1.82) is 0 Å². The van der Waals surface area contributed by atoms with Gasteiger partial charge in [-0.15, -0.1) is 0 Å². The van der Waals surface area contributed by atoms with Crippen LogP contribution in [0.2, 0.25) is 0 Å². The molecule has 1 nitrogen and oxygen atoms in total. The second kappa shape index (κ2) is 6.02. The highest BCUT2D eigenvalue weighted by Crippen LogP contribution is 2.31. The minimum Gasteiger partial charge on any atom is -0.327 e. The zero-order valence-corrected chi connectivity index (χ0v) is 10.6. The van der Waals surface area contributed by atoms with Crippen molar-refractivity contribution in [3.63, 3.8) is 0 Å². The summed E-state index contributed by atoms with van der Waals surface area (Å²) >= 11 is 2.01. The summed E-state index contributed by atoms with van der Waals surface area (Å²) in [7, 11) is 0. The Labute approximate surface area is 93.2 Å². The lowest BCUT2D eigenvalue weighted by Gasteiger charge is -2.31. The summed E-state index contributed by atoms with van der Waals surface area (Å²) in [5, 5.41) is 0.724. The van der Waals surface area contributed by atoms with E-state index in [-0.39, 0.29) is 0 Å². The fourth-order valence-electron chi connectivity index (χ4n) is 2.31. The Morgan fingerprint density at radius 1 is 1.36 bits per heavy atom. The van der Waals surface area contributed by atoms with Crippen molar-refractivity contribution >= 4 is 11.8 Å². The van der Waals surface area contributed by atoms with Gasteiger partial charge in [0, 0.05) is 11.8 Å². The largest absolute Gasteiger partial charge is 0.327 e. The van der Waals surface area contributed by atoms with E-state index in [0.29, 0.717) is 6.04 Å². The van der Waals surface area contributed by atoms with Crippen LogP contribution in [0.15, 0.2) is 0 Å². The van der Waals surface area contributed by atoms with E-state index in [1.165, 1.54) is 25.7 Å². The molecule has 1 fully saturated rings. The molecule has 0 aromatic carbocycles. The Kier molecular flexibility index (Phi) is 5.32. The van der Waals surface area contributed by atoms with Crippen LogP contribution >= 0.6 is 11.8 Å². The van der Waals surface area contributed by atoms with Crippen molar-refractivity contribution in [2.24, 2.45) is 17.6 Å². The van der Waals surface area contributed by atoms with Gasteiger partial charge in [0.1, 0.15) is 0 Å². The Hall–Kier alpha value is 0.310. The van der Waals surface area contributed by atoms with Crippen LogP contribution in [0.3, 0.4) is 0 Å². The molecular weight excluding hydrogens is 190 g/mol. The summed E-state index contributed by atoms with van der Waals surface area (Å²) in [4.78, 5) is 0. The lowest BCUT2D eigenvalue weighted by Crippen LogP contribution is -2.35. The van der Waals surface area contributed by atoms with Crippen molar-refractivity contribution in [3.05, 3.63) is 0 Å². The second-order valence-corrected chi connectivity index (χ2v) is 6.69. The molecule has 0 saturated heterocycles. The topological polar surface area (TPSA) is 26.0 Å².